The van der Waals surface area contributed by atoms with Crippen molar-refractivity contribution in [3.05, 3.63) is 52.5 Å². The number of nitrogens with zero attached hydrogens (tertiary/aromatic N) is 6. The summed E-state index contributed by atoms with van der Waals surface area (Å²) in [4.78, 5) is 31.2. The molecule has 1 aromatic carbocycles. The van der Waals surface area contributed by atoms with Crippen LogP contribution in [0.5, 0.6) is 5.75 Å². The van der Waals surface area contributed by atoms with E-state index in [1.165, 1.54) is 6.07 Å². The van der Waals surface area contributed by atoms with Gasteiger partial charge in [-0.05, 0) is 63.1 Å². The molecule has 3 heterocycles. The van der Waals surface area contributed by atoms with Crippen molar-refractivity contribution < 1.29 is 29.4 Å². The standard InChI is InChI=1S/C19H23N5O4.C7H9N3O2/c1-10-5-13(6-11(2)16(10)27-9-14(26)8-25)17-23-18(28-24-17)15-7-12(3)21-19(20-4)22-15;1-4-3-5(6(11)12)10-7(8-2)9-4/h5-7,14,25-26H,8-9H2,1-4H3,(H,20,21,22);3H,1-2H3,(H,11,12)(H,8,9,10). The van der Waals surface area contributed by atoms with Crippen LogP contribution in [0.2, 0.25) is 0 Å². The number of nitrogens with one attached hydrogen (secondary N) is 2. The van der Waals surface area contributed by atoms with E-state index in [1.54, 1.807) is 27.1 Å². The Labute approximate surface area is 230 Å². The molecule has 40 heavy (non-hydrogen) atoms. The third-order valence-electron chi connectivity index (χ3n) is 5.37. The van der Waals surface area contributed by atoms with E-state index >= 15 is 0 Å². The van der Waals surface area contributed by atoms with E-state index in [0.29, 0.717) is 40.7 Å². The molecule has 0 spiro atoms. The summed E-state index contributed by atoms with van der Waals surface area (Å²) in [6, 6.07) is 6.96. The number of anilines is 2. The molecule has 5 N–H and O–H groups in total. The Bertz CT molecular complexity index is 1450. The lowest BCUT2D eigenvalue weighted by atomic mass is 10.1. The second-order valence-corrected chi connectivity index (χ2v) is 8.75. The average molecular weight is 553 g/mol. The third-order valence-corrected chi connectivity index (χ3v) is 5.37. The summed E-state index contributed by atoms with van der Waals surface area (Å²) in [6.45, 7) is 7.04. The van der Waals surface area contributed by atoms with Crippen LogP contribution in [0.15, 0.2) is 28.8 Å². The lowest BCUT2D eigenvalue weighted by Crippen LogP contribution is -2.21. The molecular weight excluding hydrogens is 520 g/mol. The van der Waals surface area contributed by atoms with Gasteiger partial charge >= 0.3 is 5.97 Å². The fourth-order valence-electron chi connectivity index (χ4n) is 3.56. The van der Waals surface area contributed by atoms with Gasteiger partial charge in [-0.2, -0.15) is 4.98 Å². The van der Waals surface area contributed by atoms with Gasteiger partial charge in [0, 0.05) is 31.0 Å². The van der Waals surface area contributed by atoms with Crippen LogP contribution >= 0.6 is 0 Å². The van der Waals surface area contributed by atoms with Crippen molar-refractivity contribution in [2.75, 3.05) is 37.9 Å². The highest BCUT2D eigenvalue weighted by Crippen LogP contribution is 2.30. The van der Waals surface area contributed by atoms with Crippen LogP contribution in [0.1, 0.15) is 33.0 Å². The Morgan fingerprint density at radius 1 is 0.925 bits per heavy atom. The predicted molar refractivity (Wildman–Crippen MR) is 146 cm³/mol. The van der Waals surface area contributed by atoms with E-state index < -0.39 is 12.1 Å². The topological polar surface area (TPSA) is 202 Å². The van der Waals surface area contributed by atoms with E-state index in [1.807, 2.05) is 32.9 Å². The summed E-state index contributed by atoms with van der Waals surface area (Å²) in [5.74, 6) is 1.16. The molecule has 0 saturated carbocycles. The molecule has 0 radical (unpaired) electrons. The van der Waals surface area contributed by atoms with Gasteiger partial charge in [-0.3, -0.25) is 0 Å². The molecule has 4 rings (SSSR count). The number of ether oxygens (including phenoxy) is 1. The summed E-state index contributed by atoms with van der Waals surface area (Å²) < 4.78 is 11.0. The van der Waals surface area contributed by atoms with Crippen LogP contribution in [0.25, 0.3) is 23.0 Å². The van der Waals surface area contributed by atoms with Gasteiger partial charge in [-0.25, -0.2) is 24.7 Å². The van der Waals surface area contributed by atoms with E-state index in [0.717, 1.165) is 22.4 Å². The molecule has 0 aliphatic heterocycles. The number of carboxylic acids is 1. The predicted octanol–water partition coefficient (Wildman–Crippen LogP) is 2.42. The quantitative estimate of drug-likeness (QED) is 0.202. The zero-order valence-corrected chi connectivity index (χ0v) is 23.1. The Kier molecular flexibility index (Phi) is 10.00. The number of hydrogen-bond acceptors (Lipinski definition) is 13. The zero-order chi connectivity index (χ0) is 29.4. The van der Waals surface area contributed by atoms with E-state index in [9.17, 15) is 9.90 Å². The van der Waals surface area contributed by atoms with Gasteiger partial charge in [0.15, 0.2) is 5.69 Å². The van der Waals surface area contributed by atoms with Gasteiger partial charge in [-0.15, -0.1) is 0 Å². The molecule has 0 amide bonds. The number of aliphatic hydroxyl groups excluding tert-OH is 2. The summed E-state index contributed by atoms with van der Waals surface area (Å²) in [5.41, 5.74) is 4.47. The molecule has 0 saturated heterocycles. The summed E-state index contributed by atoms with van der Waals surface area (Å²) >= 11 is 0. The monoisotopic (exact) mass is 552 g/mol. The highest BCUT2D eigenvalue weighted by molar-refractivity contribution is 5.85. The molecule has 3 aromatic heterocycles. The lowest BCUT2D eigenvalue weighted by molar-refractivity contribution is 0.0532. The molecule has 4 aromatic rings. The Balaban J connectivity index is 0.000000307. The normalized spacial score (nSPS) is 11.3. The molecule has 14 nitrogen and oxygen atoms in total. The molecule has 0 bridgehead atoms. The number of carbonyl (C=O) groups is 1. The highest BCUT2D eigenvalue weighted by atomic mass is 16.5. The molecule has 1 atom stereocenters. The number of hydrogen-bond donors (Lipinski definition) is 5. The summed E-state index contributed by atoms with van der Waals surface area (Å²) in [7, 11) is 3.38. The molecule has 0 fully saturated rings. The molecule has 1 unspecified atom stereocenters. The molecule has 14 heteroatoms. The van der Waals surface area contributed by atoms with Gasteiger partial charge < -0.3 is 35.2 Å². The minimum absolute atomic E-state index is 0.00634. The number of aryl methyl sites for hydroxylation is 4. The van der Waals surface area contributed by atoms with Crippen molar-refractivity contribution in [3.63, 3.8) is 0 Å². The smallest absolute Gasteiger partial charge is 0.354 e. The van der Waals surface area contributed by atoms with Crippen LogP contribution in [-0.2, 0) is 0 Å². The van der Waals surface area contributed by atoms with Crippen LogP contribution in [-0.4, -0.2) is 84.8 Å². The minimum Gasteiger partial charge on any atom is -0.490 e. The van der Waals surface area contributed by atoms with Crippen molar-refractivity contribution in [2.45, 2.75) is 33.8 Å². The van der Waals surface area contributed by atoms with Crippen LogP contribution < -0.4 is 15.4 Å². The van der Waals surface area contributed by atoms with Crippen molar-refractivity contribution in [3.8, 4) is 28.7 Å². The van der Waals surface area contributed by atoms with E-state index in [-0.39, 0.29) is 18.9 Å². The van der Waals surface area contributed by atoms with E-state index in [4.69, 9.17) is 19.5 Å². The number of benzene rings is 1. The largest absolute Gasteiger partial charge is 0.490 e. The van der Waals surface area contributed by atoms with Crippen molar-refractivity contribution >= 4 is 17.9 Å². The Morgan fingerprint density at radius 2 is 1.52 bits per heavy atom. The summed E-state index contributed by atoms with van der Waals surface area (Å²) in [5, 5.41) is 36.7. The first-order chi connectivity index (χ1) is 19.0. The van der Waals surface area contributed by atoms with Gasteiger partial charge in [0.2, 0.25) is 17.7 Å². The third kappa shape index (κ3) is 7.68. The first-order valence-electron chi connectivity index (χ1n) is 12.2. The molecule has 0 aliphatic carbocycles. The van der Waals surface area contributed by atoms with Crippen molar-refractivity contribution in [1.82, 2.24) is 30.1 Å². The second-order valence-electron chi connectivity index (χ2n) is 8.75. The van der Waals surface area contributed by atoms with Crippen molar-refractivity contribution in [2.24, 2.45) is 0 Å². The number of aromatic carboxylic acids is 1. The maximum Gasteiger partial charge on any atom is 0.354 e. The van der Waals surface area contributed by atoms with Crippen LogP contribution in [0.4, 0.5) is 11.9 Å². The van der Waals surface area contributed by atoms with Crippen molar-refractivity contribution in [1.29, 1.82) is 0 Å². The number of carboxylic acid groups (broad SMARTS) is 1. The molecule has 212 valence electrons. The van der Waals surface area contributed by atoms with Gasteiger partial charge in [0.1, 0.15) is 24.2 Å². The van der Waals surface area contributed by atoms with Gasteiger partial charge in [0.05, 0.1) is 6.61 Å². The minimum atomic E-state index is -1.04. The van der Waals surface area contributed by atoms with Gasteiger partial charge in [-0.1, -0.05) is 5.16 Å². The first-order valence-corrected chi connectivity index (χ1v) is 12.2. The lowest BCUT2D eigenvalue weighted by Gasteiger charge is -2.15. The Morgan fingerprint density at radius 3 is 2.10 bits per heavy atom. The maximum absolute atomic E-state index is 10.5. The Hall–Kier alpha value is -4.69. The fraction of sp³-hybridized carbons (Fsp3) is 0.346. The highest BCUT2D eigenvalue weighted by Gasteiger charge is 2.16. The molecule has 0 aliphatic rings. The van der Waals surface area contributed by atoms with Crippen LogP contribution in [0, 0.1) is 27.7 Å². The van der Waals surface area contributed by atoms with E-state index in [2.05, 4.69) is 40.7 Å². The SMILES string of the molecule is CNc1nc(C)cc(-c2nc(-c3cc(C)c(OCC(O)CO)c(C)c3)no2)n1.CNc1nc(C)cc(C(=O)O)n1. The number of aromatic nitrogens is 6. The maximum atomic E-state index is 10.5. The fourth-order valence-corrected chi connectivity index (χ4v) is 3.56. The molecular formula is C26H32N8O6. The first kappa shape index (κ1) is 29.9. The second kappa shape index (κ2) is 13.4. The summed E-state index contributed by atoms with van der Waals surface area (Å²) in [6.07, 6.45) is -0.919. The number of aliphatic hydroxyl groups is 2. The zero-order valence-electron chi connectivity index (χ0n) is 23.1. The number of rotatable bonds is 9. The average Bonchev–Trinajstić information content (AvgIpc) is 3.42. The van der Waals surface area contributed by atoms with Crippen LogP contribution in [0.3, 0.4) is 0 Å². The van der Waals surface area contributed by atoms with Gasteiger partial charge in [0.25, 0.3) is 5.89 Å².